The van der Waals surface area contributed by atoms with E-state index in [1.165, 1.54) is 18.3 Å². The molecule has 0 atom stereocenters. The van der Waals surface area contributed by atoms with Crippen LogP contribution in [0.3, 0.4) is 0 Å². The molecule has 0 saturated carbocycles. The van der Waals surface area contributed by atoms with Crippen LogP contribution in [0.5, 0.6) is 0 Å². The van der Waals surface area contributed by atoms with E-state index in [0.29, 0.717) is 16.8 Å². The summed E-state index contributed by atoms with van der Waals surface area (Å²) in [5, 5.41) is 25.2. The van der Waals surface area contributed by atoms with E-state index in [9.17, 15) is 28.6 Å². The fourth-order valence-corrected chi connectivity index (χ4v) is 4.62. The van der Waals surface area contributed by atoms with Crippen LogP contribution < -0.4 is 16.2 Å². The van der Waals surface area contributed by atoms with Gasteiger partial charge in [0.15, 0.2) is 5.65 Å². The minimum absolute atomic E-state index is 0.111. The number of para-hydroxylation sites is 1. The van der Waals surface area contributed by atoms with Crippen molar-refractivity contribution in [3.8, 4) is 16.9 Å². The van der Waals surface area contributed by atoms with Crippen molar-refractivity contribution >= 4 is 51.2 Å². The highest BCUT2D eigenvalue weighted by Gasteiger charge is 2.21. The molecule has 4 N–H and O–H groups in total. The van der Waals surface area contributed by atoms with Gasteiger partial charge in [-0.15, -0.1) is 0 Å². The summed E-state index contributed by atoms with van der Waals surface area (Å²) >= 11 is 2.04. The van der Waals surface area contributed by atoms with E-state index in [4.69, 9.17) is 0 Å². The van der Waals surface area contributed by atoms with E-state index >= 15 is 0 Å². The Kier molecular flexibility index (Phi) is 8.51. The molecule has 3 heterocycles. The van der Waals surface area contributed by atoms with Gasteiger partial charge in [0.05, 0.1) is 30.5 Å². The number of nitrogens with one attached hydrogen (secondary N) is 2. The Balaban J connectivity index is 1.72. The van der Waals surface area contributed by atoms with E-state index in [0.717, 1.165) is 32.0 Å². The average molecular weight is 684 g/mol. The molecule has 1 amide bonds. The largest absolute Gasteiger partial charge is 0.394 e. The number of anilines is 2. The van der Waals surface area contributed by atoms with Crippen LogP contribution in [-0.2, 0) is 0 Å². The number of aliphatic hydroxyl groups excluding tert-OH is 2. The van der Waals surface area contributed by atoms with Gasteiger partial charge in [-0.1, -0.05) is 12.1 Å². The summed E-state index contributed by atoms with van der Waals surface area (Å²) in [4.78, 5) is 39.0. The topological polar surface area (TPSA) is 142 Å². The first kappa shape index (κ1) is 29.2. The summed E-state index contributed by atoms with van der Waals surface area (Å²) in [5.41, 5.74) is 0.821. The number of amides is 1. The maximum atomic E-state index is 14.9. The summed E-state index contributed by atoms with van der Waals surface area (Å²) in [6.45, 7) is 0.872. The minimum atomic E-state index is -0.978. The Morgan fingerprint density at radius 2 is 1.76 bits per heavy atom. The van der Waals surface area contributed by atoms with Crippen LogP contribution in [0.1, 0.15) is 15.9 Å². The third kappa shape index (κ3) is 5.84. The highest BCUT2D eigenvalue weighted by Crippen LogP contribution is 2.33. The Hall–Kier alpha value is -4.34. The lowest BCUT2D eigenvalue weighted by Crippen LogP contribution is -2.29. The van der Waals surface area contributed by atoms with Crippen LogP contribution in [0.25, 0.3) is 28.0 Å². The second-order valence-corrected chi connectivity index (χ2v) is 10.4. The molecule has 5 rings (SSSR count). The molecule has 5 aromatic rings. The lowest BCUT2D eigenvalue weighted by atomic mass is 10.0. The predicted molar refractivity (Wildman–Crippen MR) is 162 cm³/mol. The van der Waals surface area contributed by atoms with E-state index in [2.05, 4.69) is 25.6 Å². The average Bonchev–Trinajstić information content (AvgIpc) is 2.97. The molecular formula is C29H23F2IN6O4. The number of aryl methyl sites for hydroxylation is 1. The summed E-state index contributed by atoms with van der Waals surface area (Å²) in [6, 6.07) is 13.5. The minimum Gasteiger partial charge on any atom is -0.394 e. The molecule has 10 nitrogen and oxygen atoms in total. The Morgan fingerprint density at radius 3 is 2.43 bits per heavy atom. The zero-order valence-electron chi connectivity index (χ0n) is 22.0. The van der Waals surface area contributed by atoms with Crippen molar-refractivity contribution in [2.45, 2.75) is 13.0 Å². The van der Waals surface area contributed by atoms with Crippen molar-refractivity contribution in [1.82, 2.24) is 19.5 Å². The van der Waals surface area contributed by atoms with Crippen LogP contribution >= 0.6 is 22.6 Å². The van der Waals surface area contributed by atoms with Crippen LogP contribution in [-0.4, -0.2) is 54.9 Å². The summed E-state index contributed by atoms with van der Waals surface area (Å²) in [6.07, 6.45) is 1.46. The molecule has 42 heavy (non-hydrogen) atoms. The standard InChI is InChI=1S/C29H23F2IN6O4/c1-15-5-7-17(34-28(42)16-6-9-23(32)33-12-16)11-20(15)25-19-8-10-24(41)38(26-21(30)3-2-4-22(26)31)27(19)37-29(36-25)35-18(13-39)14-40/h2-12,18,39-40H,13-14H2,1H3,(H,34,42)(H,35,36,37). The first-order chi connectivity index (χ1) is 20.2. The SMILES string of the molecule is Cc1ccc(NC(=O)c2ccc(I)nc2)cc1-c1nc(NC(CO)CO)nc2c1ccc(=O)n2-c1c(F)cccc1F. The first-order valence-corrected chi connectivity index (χ1v) is 13.7. The maximum Gasteiger partial charge on any atom is 0.257 e. The summed E-state index contributed by atoms with van der Waals surface area (Å²) in [5.74, 6) is -2.45. The zero-order chi connectivity index (χ0) is 30.0. The number of fused-ring (bicyclic) bond motifs is 1. The molecule has 0 bridgehead atoms. The smallest absolute Gasteiger partial charge is 0.257 e. The number of rotatable bonds is 8. The van der Waals surface area contributed by atoms with Gasteiger partial charge in [-0.25, -0.2) is 18.7 Å². The van der Waals surface area contributed by atoms with Gasteiger partial charge in [-0.3, -0.25) is 14.2 Å². The third-order valence-corrected chi connectivity index (χ3v) is 7.06. The molecule has 0 fully saturated rings. The maximum absolute atomic E-state index is 14.9. The molecule has 214 valence electrons. The van der Waals surface area contributed by atoms with Crippen molar-refractivity contribution in [1.29, 1.82) is 0 Å². The van der Waals surface area contributed by atoms with Crippen LogP contribution in [0.4, 0.5) is 20.4 Å². The number of hydrogen-bond acceptors (Lipinski definition) is 8. The van der Waals surface area contributed by atoms with Crippen molar-refractivity contribution in [3.63, 3.8) is 0 Å². The first-order valence-electron chi connectivity index (χ1n) is 12.6. The molecule has 0 aliphatic carbocycles. The lowest BCUT2D eigenvalue weighted by Gasteiger charge is -2.18. The number of aliphatic hydroxyl groups is 2. The van der Waals surface area contributed by atoms with Gasteiger partial charge >= 0.3 is 0 Å². The molecule has 3 aromatic heterocycles. The molecule has 0 unspecified atom stereocenters. The van der Waals surface area contributed by atoms with Crippen molar-refractivity contribution in [2.75, 3.05) is 23.8 Å². The molecule has 2 aromatic carbocycles. The number of hydrogen-bond donors (Lipinski definition) is 4. The zero-order valence-corrected chi connectivity index (χ0v) is 24.1. The van der Waals surface area contributed by atoms with Gasteiger partial charge in [-0.05, 0) is 77.5 Å². The number of aromatic nitrogens is 4. The van der Waals surface area contributed by atoms with E-state index in [1.54, 1.807) is 30.3 Å². The quantitative estimate of drug-likeness (QED) is 0.142. The van der Waals surface area contributed by atoms with Crippen LogP contribution in [0.15, 0.2) is 71.7 Å². The number of benzene rings is 2. The van der Waals surface area contributed by atoms with Gasteiger partial charge < -0.3 is 20.8 Å². The van der Waals surface area contributed by atoms with E-state index in [1.807, 2.05) is 29.5 Å². The number of nitrogens with zero attached hydrogens (tertiary/aromatic N) is 4. The van der Waals surface area contributed by atoms with Gasteiger partial charge in [0.2, 0.25) is 5.95 Å². The molecule has 0 spiro atoms. The van der Waals surface area contributed by atoms with Crippen molar-refractivity contribution in [3.05, 3.63) is 104 Å². The Bertz CT molecular complexity index is 1840. The van der Waals surface area contributed by atoms with Crippen molar-refractivity contribution < 1.29 is 23.8 Å². The van der Waals surface area contributed by atoms with Gasteiger partial charge in [-0.2, -0.15) is 4.98 Å². The number of carbonyl (C=O) groups excluding carboxylic acids is 1. The fourth-order valence-electron chi connectivity index (χ4n) is 4.30. The van der Waals surface area contributed by atoms with E-state index in [-0.39, 0.29) is 28.6 Å². The second kappa shape index (κ2) is 12.3. The molecular weight excluding hydrogens is 661 g/mol. The predicted octanol–water partition coefficient (Wildman–Crippen LogP) is 4.05. The number of pyridine rings is 2. The number of carbonyl (C=O) groups is 1. The van der Waals surface area contributed by atoms with Gasteiger partial charge in [0.25, 0.3) is 11.5 Å². The third-order valence-electron chi connectivity index (χ3n) is 6.43. The highest BCUT2D eigenvalue weighted by molar-refractivity contribution is 14.1. The summed E-state index contributed by atoms with van der Waals surface area (Å²) < 4.78 is 31.4. The Morgan fingerprint density at radius 1 is 1.02 bits per heavy atom. The molecule has 13 heteroatoms. The number of halogens is 3. The van der Waals surface area contributed by atoms with Crippen LogP contribution in [0.2, 0.25) is 0 Å². The highest BCUT2D eigenvalue weighted by atomic mass is 127. The van der Waals surface area contributed by atoms with E-state index < -0.39 is 42.1 Å². The van der Waals surface area contributed by atoms with Crippen LogP contribution in [0, 0.1) is 22.3 Å². The molecule has 0 saturated heterocycles. The summed E-state index contributed by atoms with van der Waals surface area (Å²) in [7, 11) is 0. The second-order valence-electron chi connectivity index (χ2n) is 9.27. The normalized spacial score (nSPS) is 11.2. The fraction of sp³-hybridized carbons (Fsp3) is 0.138. The monoisotopic (exact) mass is 684 g/mol. The lowest BCUT2D eigenvalue weighted by molar-refractivity contribution is 0.102. The molecule has 0 aliphatic rings. The van der Waals surface area contributed by atoms with Gasteiger partial charge in [0.1, 0.15) is 21.0 Å². The molecule has 0 radical (unpaired) electrons. The van der Waals surface area contributed by atoms with Gasteiger partial charge in [0, 0.05) is 28.9 Å². The van der Waals surface area contributed by atoms with Crippen molar-refractivity contribution in [2.24, 2.45) is 0 Å². The Labute approximate surface area is 251 Å². The molecule has 0 aliphatic heterocycles.